The van der Waals surface area contributed by atoms with Crippen LogP contribution in [-0.2, 0) is 23.0 Å². The van der Waals surface area contributed by atoms with Crippen LogP contribution in [0, 0.1) is 0 Å². The molecule has 0 atom stereocenters. The van der Waals surface area contributed by atoms with Gasteiger partial charge in [-0.05, 0) is 78.6 Å². The number of fused-ring (bicyclic) bond motifs is 1. The molecule has 0 saturated heterocycles. The van der Waals surface area contributed by atoms with Crippen molar-refractivity contribution >= 4 is 21.9 Å². The summed E-state index contributed by atoms with van der Waals surface area (Å²) < 4.78 is 33.1. The predicted molar refractivity (Wildman–Crippen MR) is 119 cm³/mol. The van der Waals surface area contributed by atoms with Gasteiger partial charge in [-0.1, -0.05) is 24.3 Å². The average molecular weight is 421 g/mol. The van der Waals surface area contributed by atoms with Crippen molar-refractivity contribution < 1.29 is 13.2 Å². The smallest absolute Gasteiger partial charge is 0.243 e. The Morgan fingerprint density at radius 2 is 1.67 bits per heavy atom. The average Bonchev–Trinajstić information content (AvgIpc) is 2.79. The van der Waals surface area contributed by atoms with E-state index < -0.39 is 10.0 Å². The van der Waals surface area contributed by atoms with Crippen molar-refractivity contribution in [3.05, 3.63) is 89.5 Å². The van der Waals surface area contributed by atoms with Crippen molar-refractivity contribution in [2.24, 2.45) is 4.99 Å². The zero-order chi connectivity index (χ0) is 21.0. The fourth-order valence-corrected chi connectivity index (χ4v) is 4.91. The van der Waals surface area contributed by atoms with Gasteiger partial charge in [-0.2, -0.15) is 4.31 Å². The molecular weight excluding hydrogens is 396 g/mol. The summed E-state index contributed by atoms with van der Waals surface area (Å²) in [4.78, 5) is 4.74. The highest BCUT2D eigenvalue weighted by Crippen LogP contribution is 2.26. The zero-order valence-corrected chi connectivity index (χ0v) is 17.7. The highest BCUT2D eigenvalue weighted by Gasteiger charge is 2.27. The summed E-state index contributed by atoms with van der Waals surface area (Å²) in [5.41, 5.74) is 3.95. The standard InChI is InChI=1S/C24H24N2O3S/c1-2-29-23-11-7-19(8-12-23)17-25-22-9-13-24(14-10-22)30(27,28)26-16-15-20-5-3-4-6-21(20)18-26/h3-14,17H,2,15-16,18H2,1H3. The van der Waals surface area contributed by atoms with Gasteiger partial charge in [0.25, 0.3) is 0 Å². The van der Waals surface area contributed by atoms with Gasteiger partial charge >= 0.3 is 0 Å². The molecule has 1 aliphatic rings. The molecule has 6 heteroatoms. The van der Waals surface area contributed by atoms with Gasteiger partial charge < -0.3 is 4.74 Å². The molecule has 0 N–H and O–H groups in total. The van der Waals surface area contributed by atoms with E-state index in [9.17, 15) is 8.42 Å². The summed E-state index contributed by atoms with van der Waals surface area (Å²) in [6.07, 6.45) is 2.49. The molecule has 3 aromatic carbocycles. The molecule has 0 saturated carbocycles. The van der Waals surface area contributed by atoms with Gasteiger partial charge in [0.1, 0.15) is 5.75 Å². The minimum Gasteiger partial charge on any atom is -0.494 e. The topological polar surface area (TPSA) is 59.0 Å². The highest BCUT2D eigenvalue weighted by atomic mass is 32.2. The molecule has 0 amide bonds. The van der Waals surface area contributed by atoms with Gasteiger partial charge in [-0.25, -0.2) is 8.42 Å². The molecule has 5 nitrogen and oxygen atoms in total. The van der Waals surface area contributed by atoms with Crippen molar-refractivity contribution in [1.82, 2.24) is 4.31 Å². The lowest BCUT2D eigenvalue weighted by Gasteiger charge is -2.28. The summed E-state index contributed by atoms with van der Waals surface area (Å²) in [7, 11) is -3.53. The summed E-state index contributed by atoms with van der Waals surface area (Å²) >= 11 is 0. The van der Waals surface area contributed by atoms with Crippen LogP contribution in [0.5, 0.6) is 5.75 Å². The number of rotatable bonds is 6. The van der Waals surface area contributed by atoms with Crippen molar-refractivity contribution in [2.75, 3.05) is 13.2 Å². The fourth-order valence-electron chi connectivity index (χ4n) is 3.49. The maximum absolute atomic E-state index is 13.0. The lowest BCUT2D eigenvalue weighted by atomic mass is 10.0. The third kappa shape index (κ3) is 4.45. The van der Waals surface area contributed by atoms with Crippen molar-refractivity contribution in [3.63, 3.8) is 0 Å². The van der Waals surface area contributed by atoms with E-state index in [1.807, 2.05) is 49.4 Å². The molecule has 0 radical (unpaired) electrons. The van der Waals surface area contributed by atoms with E-state index in [1.165, 1.54) is 5.56 Å². The molecule has 1 heterocycles. The van der Waals surface area contributed by atoms with Gasteiger partial charge in [0.05, 0.1) is 17.2 Å². The van der Waals surface area contributed by atoms with E-state index >= 15 is 0 Å². The second-order valence-corrected chi connectivity index (χ2v) is 9.05. The first-order chi connectivity index (χ1) is 14.6. The van der Waals surface area contributed by atoms with Crippen LogP contribution in [0.15, 0.2) is 82.7 Å². The first-order valence-corrected chi connectivity index (χ1v) is 11.4. The largest absolute Gasteiger partial charge is 0.494 e. The predicted octanol–water partition coefficient (Wildman–Crippen LogP) is 4.58. The Morgan fingerprint density at radius 3 is 2.37 bits per heavy atom. The molecule has 30 heavy (non-hydrogen) atoms. The molecule has 3 aromatic rings. The van der Waals surface area contributed by atoms with E-state index in [4.69, 9.17) is 4.74 Å². The Morgan fingerprint density at radius 1 is 0.967 bits per heavy atom. The second kappa shape index (κ2) is 8.81. The molecule has 4 rings (SSSR count). The fraction of sp³-hybridized carbons (Fsp3) is 0.208. The normalized spacial score (nSPS) is 14.6. The molecule has 0 unspecified atom stereocenters. The van der Waals surface area contributed by atoms with E-state index in [0.717, 1.165) is 23.3 Å². The first-order valence-electron chi connectivity index (χ1n) is 10.0. The van der Waals surface area contributed by atoms with Crippen molar-refractivity contribution in [3.8, 4) is 5.75 Å². The molecule has 0 fully saturated rings. The highest BCUT2D eigenvalue weighted by molar-refractivity contribution is 7.89. The number of sulfonamides is 1. The molecule has 0 bridgehead atoms. The number of benzene rings is 3. The minimum absolute atomic E-state index is 0.293. The van der Waals surface area contributed by atoms with Crippen LogP contribution >= 0.6 is 0 Å². The molecule has 1 aliphatic heterocycles. The number of aliphatic imine (C=N–C) groups is 1. The number of hydrogen-bond acceptors (Lipinski definition) is 4. The Hall–Kier alpha value is -2.96. The summed E-state index contributed by atoms with van der Waals surface area (Å²) in [6, 6.07) is 22.4. The van der Waals surface area contributed by atoms with Crippen LogP contribution in [0.2, 0.25) is 0 Å². The van der Waals surface area contributed by atoms with Crippen LogP contribution in [-0.4, -0.2) is 32.1 Å². The summed E-state index contributed by atoms with van der Waals surface area (Å²) in [5, 5.41) is 0. The first kappa shape index (κ1) is 20.3. The van der Waals surface area contributed by atoms with Crippen LogP contribution in [0.4, 0.5) is 5.69 Å². The number of ether oxygens (including phenoxy) is 1. The third-order valence-corrected chi connectivity index (χ3v) is 6.98. The van der Waals surface area contributed by atoms with Crippen LogP contribution in [0.1, 0.15) is 23.6 Å². The van der Waals surface area contributed by atoms with E-state index in [0.29, 0.717) is 30.3 Å². The maximum Gasteiger partial charge on any atom is 0.243 e. The molecule has 0 aromatic heterocycles. The Kier molecular flexibility index (Phi) is 5.97. The maximum atomic E-state index is 13.0. The van der Waals surface area contributed by atoms with Crippen molar-refractivity contribution in [1.29, 1.82) is 0 Å². The summed E-state index contributed by atoms with van der Waals surface area (Å²) in [6.45, 7) is 3.49. The monoisotopic (exact) mass is 420 g/mol. The molecule has 154 valence electrons. The second-order valence-electron chi connectivity index (χ2n) is 7.11. The van der Waals surface area contributed by atoms with Crippen LogP contribution < -0.4 is 4.74 Å². The van der Waals surface area contributed by atoms with Crippen LogP contribution in [0.3, 0.4) is 0 Å². The van der Waals surface area contributed by atoms with Gasteiger partial charge in [-0.3, -0.25) is 4.99 Å². The SMILES string of the molecule is CCOc1ccc(C=Nc2ccc(S(=O)(=O)N3CCc4ccccc4C3)cc2)cc1. The van der Waals surface area contributed by atoms with Crippen LogP contribution in [0.25, 0.3) is 0 Å². The molecular formula is C24H24N2O3S. The zero-order valence-electron chi connectivity index (χ0n) is 16.9. The summed E-state index contributed by atoms with van der Waals surface area (Å²) in [5.74, 6) is 0.824. The molecule has 0 spiro atoms. The Labute approximate surface area is 177 Å². The van der Waals surface area contributed by atoms with Gasteiger partial charge in [0, 0.05) is 19.3 Å². The Bertz CT molecular complexity index is 1140. The van der Waals surface area contributed by atoms with E-state index in [2.05, 4.69) is 11.1 Å². The van der Waals surface area contributed by atoms with E-state index in [-0.39, 0.29) is 0 Å². The molecule has 0 aliphatic carbocycles. The quantitative estimate of drug-likeness (QED) is 0.548. The van der Waals surface area contributed by atoms with Gasteiger partial charge in [0.15, 0.2) is 0 Å². The lowest BCUT2D eigenvalue weighted by molar-refractivity contribution is 0.340. The lowest BCUT2D eigenvalue weighted by Crippen LogP contribution is -2.35. The third-order valence-electron chi connectivity index (χ3n) is 5.12. The van der Waals surface area contributed by atoms with Gasteiger partial charge in [-0.15, -0.1) is 0 Å². The number of nitrogens with zero attached hydrogens (tertiary/aromatic N) is 2. The van der Waals surface area contributed by atoms with Crippen molar-refractivity contribution in [2.45, 2.75) is 24.8 Å². The van der Waals surface area contributed by atoms with Gasteiger partial charge in [0.2, 0.25) is 10.0 Å². The number of hydrogen-bond donors (Lipinski definition) is 0. The minimum atomic E-state index is -3.53. The van der Waals surface area contributed by atoms with E-state index in [1.54, 1.807) is 34.8 Å². The Balaban J connectivity index is 1.46.